The number of rotatable bonds is 8. The molecule has 3 heteroatoms. The molecule has 4 rings (SSSR count). The zero-order valence-corrected chi connectivity index (χ0v) is 18.3. The molecule has 0 aliphatic carbocycles. The molecule has 0 aliphatic heterocycles. The van der Waals surface area contributed by atoms with Crippen molar-refractivity contribution in [3.63, 3.8) is 0 Å². The third-order valence-electron chi connectivity index (χ3n) is 6.03. The minimum Gasteiger partial charge on any atom is -0.352 e. The molecule has 1 aromatic heterocycles. The Morgan fingerprint density at radius 1 is 0.903 bits per heavy atom. The normalized spacial score (nSPS) is 12.1. The summed E-state index contributed by atoms with van der Waals surface area (Å²) in [6.45, 7) is 5.85. The Balaban J connectivity index is 1.69. The van der Waals surface area contributed by atoms with Crippen molar-refractivity contribution in [1.29, 1.82) is 0 Å². The van der Waals surface area contributed by atoms with Gasteiger partial charge in [-0.1, -0.05) is 85.8 Å². The lowest BCUT2D eigenvalue weighted by atomic mass is 9.87. The molecule has 0 spiro atoms. The van der Waals surface area contributed by atoms with Gasteiger partial charge in [0.15, 0.2) is 0 Å². The van der Waals surface area contributed by atoms with E-state index in [1.165, 1.54) is 27.6 Å². The molecule has 1 N–H and O–H groups in total. The van der Waals surface area contributed by atoms with Gasteiger partial charge < -0.3 is 9.88 Å². The Kier molecular flexibility index (Phi) is 6.51. The molecule has 3 nitrogen and oxygen atoms in total. The fourth-order valence-electron chi connectivity index (χ4n) is 4.42. The van der Waals surface area contributed by atoms with Crippen LogP contribution in [0, 0.1) is 0 Å². The molecular weight excluding hydrogens is 380 g/mol. The second kappa shape index (κ2) is 9.65. The monoisotopic (exact) mass is 410 g/mol. The number of nitrogens with one attached hydrogen (secondary N) is 1. The Morgan fingerprint density at radius 2 is 1.61 bits per heavy atom. The van der Waals surface area contributed by atoms with Gasteiger partial charge in [-0.15, -0.1) is 0 Å². The lowest BCUT2D eigenvalue weighted by Gasteiger charge is -2.17. The van der Waals surface area contributed by atoms with Crippen LogP contribution in [0.15, 0.2) is 85.1 Å². The summed E-state index contributed by atoms with van der Waals surface area (Å²) < 4.78 is 2.33. The van der Waals surface area contributed by atoms with Crippen LogP contribution in [0.3, 0.4) is 0 Å². The first-order chi connectivity index (χ1) is 15.2. The molecule has 0 fully saturated rings. The van der Waals surface area contributed by atoms with Crippen molar-refractivity contribution >= 4 is 16.8 Å². The molecule has 0 unspecified atom stereocenters. The third kappa shape index (κ3) is 4.56. The Morgan fingerprint density at radius 3 is 2.29 bits per heavy atom. The highest BCUT2D eigenvalue weighted by molar-refractivity contribution is 5.89. The van der Waals surface area contributed by atoms with Gasteiger partial charge in [0.05, 0.1) is 5.52 Å². The summed E-state index contributed by atoms with van der Waals surface area (Å²) >= 11 is 0. The van der Waals surface area contributed by atoms with Gasteiger partial charge in [0.25, 0.3) is 0 Å². The lowest BCUT2D eigenvalue weighted by molar-refractivity contribution is -0.121. The van der Waals surface area contributed by atoms with E-state index in [-0.39, 0.29) is 11.8 Å². The average Bonchev–Trinajstić information content (AvgIpc) is 3.21. The van der Waals surface area contributed by atoms with Crippen LogP contribution in [-0.2, 0) is 24.3 Å². The molecule has 1 heterocycles. The van der Waals surface area contributed by atoms with E-state index >= 15 is 0 Å². The zero-order valence-electron chi connectivity index (χ0n) is 18.3. The van der Waals surface area contributed by atoms with Crippen molar-refractivity contribution in [3.8, 4) is 0 Å². The number of carbonyl (C=O) groups is 1. The van der Waals surface area contributed by atoms with E-state index in [1.807, 2.05) is 36.4 Å². The summed E-state index contributed by atoms with van der Waals surface area (Å²) in [6, 6.07) is 27.0. The fraction of sp³-hybridized carbons (Fsp3) is 0.250. The Bertz CT molecular complexity index is 1150. The predicted molar refractivity (Wildman–Crippen MR) is 128 cm³/mol. The van der Waals surface area contributed by atoms with Crippen LogP contribution < -0.4 is 5.32 Å². The fourth-order valence-corrected chi connectivity index (χ4v) is 4.42. The summed E-state index contributed by atoms with van der Waals surface area (Å²) in [5.41, 5.74) is 6.17. The van der Waals surface area contributed by atoms with Crippen molar-refractivity contribution < 1.29 is 4.79 Å². The molecule has 1 amide bonds. The number of benzene rings is 3. The zero-order chi connectivity index (χ0) is 21.6. The first-order valence-corrected chi connectivity index (χ1v) is 11.2. The molecule has 0 radical (unpaired) electrons. The molecule has 0 saturated heterocycles. The van der Waals surface area contributed by atoms with Crippen LogP contribution in [0.25, 0.3) is 10.9 Å². The molecular formula is C28H30N2O. The molecule has 0 saturated carbocycles. The highest BCUT2D eigenvalue weighted by Crippen LogP contribution is 2.36. The quantitative estimate of drug-likeness (QED) is 0.376. The average molecular weight is 411 g/mol. The maximum absolute atomic E-state index is 13.0. The van der Waals surface area contributed by atoms with Gasteiger partial charge in [0.1, 0.15) is 0 Å². The number of aromatic nitrogens is 1. The number of para-hydroxylation sites is 1. The molecule has 3 aromatic carbocycles. The van der Waals surface area contributed by atoms with Gasteiger partial charge in [0, 0.05) is 37.0 Å². The van der Waals surface area contributed by atoms with E-state index in [9.17, 15) is 4.79 Å². The van der Waals surface area contributed by atoms with Crippen LogP contribution >= 0.6 is 0 Å². The standard InChI is InChI=1S/C28H30N2O/c1-3-22-16-11-17-24-26(20-30(4-2)28(22)24)25(23-14-9-6-10-15-23)18-27(31)29-19-21-12-7-5-8-13-21/h5-17,20,25H,3-4,18-19H2,1-2H3,(H,29,31)/t25-/m1/s1. The van der Waals surface area contributed by atoms with Crippen LogP contribution in [0.1, 0.15) is 48.4 Å². The van der Waals surface area contributed by atoms with E-state index in [1.54, 1.807) is 0 Å². The molecule has 0 aliphatic rings. The molecule has 0 bridgehead atoms. The van der Waals surface area contributed by atoms with Gasteiger partial charge in [-0.25, -0.2) is 0 Å². The number of hydrogen-bond acceptors (Lipinski definition) is 1. The predicted octanol–water partition coefficient (Wildman–Crippen LogP) is 6.06. The molecule has 158 valence electrons. The van der Waals surface area contributed by atoms with Crippen molar-refractivity contribution in [1.82, 2.24) is 9.88 Å². The van der Waals surface area contributed by atoms with Crippen molar-refractivity contribution in [2.24, 2.45) is 0 Å². The highest BCUT2D eigenvalue weighted by Gasteiger charge is 2.23. The summed E-state index contributed by atoms with van der Waals surface area (Å²) in [7, 11) is 0. The minimum atomic E-state index is 0.0133. The van der Waals surface area contributed by atoms with E-state index in [4.69, 9.17) is 0 Å². The van der Waals surface area contributed by atoms with Crippen LogP contribution in [0.2, 0.25) is 0 Å². The van der Waals surface area contributed by atoms with Gasteiger partial charge in [-0.05, 0) is 35.6 Å². The molecule has 1 atom stereocenters. The van der Waals surface area contributed by atoms with Crippen molar-refractivity contribution in [3.05, 3.63) is 107 Å². The summed E-state index contributed by atoms with van der Waals surface area (Å²) in [5, 5.41) is 4.37. The van der Waals surface area contributed by atoms with Gasteiger partial charge in [0.2, 0.25) is 5.91 Å². The van der Waals surface area contributed by atoms with Crippen LogP contribution in [0.4, 0.5) is 0 Å². The lowest BCUT2D eigenvalue weighted by Crippen LogP contribution is -2.25. The number of nitrogens with zero attached hydrogens (tertiary/aromatic N) is 1. The maximum atomic E-state index is 13.0. The summed E-state index contributed by atoms with van der Waals surface area (Å²) in [5.74, 6) is 0.0844. The smallest absolute Gasteiger partial charge is 0.221 e. The van der Waals surface area contributed by atoms with E-state index < -0.39 is 0 Å². The number of carbonyl (C=O) groups excluding carboxylic acids is 1. The first-order valence-electron chi connectivity index (χ1n) is 11.2. The summed E-state index contributed by atoms with van der Waals surface area (Å²) in [6.07, 6.45) is 3.68. The number of hydrogen-bond donors (Lipinski definition) is 1. The number of aryl methyl sites for hydroxylation is 2. The largest absolute Gasteiger partial charge is 0.352 e. The first kappa shape index (κ1) is 20.9. The van der Waals surface area contributed by atoms with Gasteiger partial charge in [-0.2, -0.15) is 0 Å². The molecule has 4 aromatic rings. The van der Waals surface area contributed by atoms with Gasteiger partial charge in [-0.3, -0.25) is 4.79 Å². The van der Waals surface area contributed by atoms with Gasteiger partial charge >= 0.3 is 0 Å². The third-order valence-corrected chi connectivity index (χ3v) is 6.03. The number of amides is 1. The second-order valence-corrected chi connectivity index (χ2v) is 7.97. The van der Waals surface area contributed by atoms with Crippen LogP contribution in [-0.4, -0.2) is 10.5 Å². The Labute approximate surface area is 184 Å². The minimum absolute atomic E-state index is 0.0133. The molecule has 31 heavy (non-hydrogen) atoms. The number of fused-ring (bicyclic) bond motifs is 1. The van der Waals surface area contributed by atoms with E-state index in [2.05, 4.69) is 72.4 Å². The van der Waals surface area contributed by atoms with E-state index in [0.29, 0.717) is 13.0 Å². The Hall–Kier alpha value is -3.33. The second-order valence-electron chi connectivity index (χ2n) is 7.97. The maximum Gasteiger partial charge on any atom is 0.221 e. The van der Waals surface area contributed by atoms with Crippen molar-refractivity contribution in [2.45, 2.75) is 45.7 Å². The van der Waals surface area contributed by atoms with Crippen LogP contribution in [0.5, 0.6) is 0 Å². The highest BCUT2D eigenvalue weighted by atomic mass is 16.1. The van der Waals surface area contributed by atoms with Crippen molar-refractivity contribution in [2.75, 3.05) is 0 Å². The van der Waals surface area contributed by atoms with E-state index in [0.717, 1.165) is 18.5 Å². The SMILES string of the molecule is CCc1cccc2c([C@H](CC(=O)NCc3ccccc3)c3ccccc3)cn(CC)c12. The summed E-state index contributed by atoms with van der Waals surface area (Å²) in [4.78, 5) is 13.0. The topological polar surface area (TPSA) is 34.0 Å².